The van der Waals surface area contributed by atoms with E-state index in [9.17, 15) is 17.6 Å². The van der Waals surface area contributed by atoms with E-state index < -0.39 is 12.4 Å². The fourth-order valence-electron chi connectivity index (χ4n) is 5.50. The van der Waals surface area contributed by atoms with Crippen molar-refractivity contribution in [3.8, 4) is 5.75 Å². The molecule has 1 aromatic carbocycles. The molecule has 0 aliphatic heterocycles. The number of alkyl halides is 3. The van der Waals surface area contributed by atoms with E-state index in [-0.39, 0.29) is 12.4 Å². The molecule has 0 amide bonds. The molecule has 0 bridgehead atoms. The average Bonchev–Trinajstić information content (AvgIpc) is 2.77. The molecule has 1 nitrogen and oxygen atoms in total. The van der Waals surface area contributed by atoms with Crippen LogP contribution in [0.5, 0.6) is 5.75 Å². The summed E-state index contributed by atoms with van der Waals surface area (Å²) < 4.78 is 54.7. The molecule has 0 spiro atoms. The number of hydrogen-bond acceptors (Lipinski definition) is 1. The molecular formula is C26H36F4O. The number of ether oxygens (including phenoxy) is 1. The second kappa shape index (κ2) is 12.5. The molecule has 5 heteroatoms. The fraction of sp³-hybridized carbons (Fsp3) is 0.692. The summed E-state index contributed by atoms with van der Waals surface area (Å²) in [4.78, 5) is 0. The smallest absolute Gasteiger partial charge is 0.387 e. The van der Waals surface area contributed by atoms with E-state index in [1.165, 1.54) is 63.5 Å². The molecule has 0 N–H and O–H groups in total. The van der Waals surface area contributed by atoms with E-state index in [0.717, 1.165) is 36.7 Å². The summed E-state index contributed by atoms with van der Waals surface area (Å²) in [6.07, 6.45) is 18.0. The van der Waals surface area contributed by atoms with Crippen LogP contribution in [0, 0.1) is 29.5 Å². The normalized spacial score (nSPS) is 27.1. The van der Waals surface area contributed by atoms with Gasteiger partial charge in [-0.2, -0.15) is 8.78 Å². The Balaban J connectivity index is 1.35. The highest BCUT2D eigenvalue weighted by Gasteiger charge is 2.30. The minimum atomic E-state index is -3.01. The highest BCUT2D eigenvalue weighted by atomic mass is 19.3. The summed E-state index contributed by atoms with van der Waals surface area (Å²) in [6.45, 7) is -3.23. The Morgan fingerprint density at radius 2 is 1.65 bits per heavy atom. The lowest BCUT2D eigenvalue weighted by atomic mass is 9.68. The van der Waals surface area contributed by atoms with Gasteiger partial charge in [-0.15, -0.1) is 0 Å². The van der Waals surface area contributed by atoms with Gasteiger partial charge in [-0.3, -0.25) is 4.39 Å². The molecule has 2 fully saturated rings. The molecule has 0 unspecified atom stereocenters. The molecule has 0 aromatic heterocycles. The Hall–Kier alpha value is -1.52. The van der Waals surface area contributed by atoms with Gasteiger partial charge >= 0.3 is 6.61 Å². The Bertz CT molecular complexity index is 674. The SMILES string of the molecule is FCCC/C=C/C1CCC(C2CCC(CCc3ccc(OC(F)F)c(F)c3)CC2)CC1. The van der Waals surface area contributed by atoms with Gasteiger partial charge in [-0.1, -0.05) is 31.1 Å². The van der Waals surface area contributed by atoms with Gasteiger partial charge < -0.3 is 4.74 Å². The first-order valence-corrected chi connectivity index (χ1v) is 12.0. The van der Waals surface area contributed by atoms with E-state index in [1.54, 1.807) is 6.07 Å². The first-order chi connectivity index (χ1) is 15.0. The first-order valence-electron chi connectivity index (χ1n) is 12.0. The van der Waals surface area contributed by atoms with Crippen molar-refractivity contribution >= 4 is 0 Å². The van der Waals surface area contributed by atoms with Gasteiger partial charge in [0, 0.05) is 0 Å². The fourth-order valence-corrected chi connectivity index (χ4v) is 5.50. The molecule has 0 radical (unpaired) electrons. The maximum absolute atomic E-state index is 13.9. The third-order valence-corrected chi connectivity index (χ3v) is 7.34. The van der Waals surface area contributed by atoms with Crippen molar-refractivity contribution in [3.63, 3.8) is 0 Å². The number of hydrogen-bond donors (Lipinski definition) is 0. The van der Waals surface area contributed by atoms with E-state index >= 15 is 0 Å². The summed E-state index contributed by atoms with van der Waals surface area (Å²) in [7, 11) is 0. The summed E-state index contributed by atoms with van der Waals surface area (Å²) in [6, 6.07) is 4.32. The minimum absolute atomic E-state index is 0.223. The second-order valence-corrected chi connectivity index (χ2v) is 9.40. The van der Waals surface area contributed by atoms with Gasteiger partial charge in [0.05, 0.1) is 6.67 Å². The maximum Gasteiger partial charge on any atom is 0.387 e. The number of unbranched alkanes of at least 4 members (excludes halogenated alkanes) is 1. The molecular weight excluding hydrogens is 404 g/mol. The van der Waals surface area contributed by atoms with E-state index in [4.69, 9.17) is 0 Å². The zero-order valence-electron chi connectivity index (χ0n) is 18.4. The molecule has 3 rings (SSSR count). The zero-order chi connectivity index (χ0) is 22.1. The number of halogens is 4. The highest BCUT2D eigenvalue weighted by molar-refractivity contribution is 5.29. The Morgan fingerprint density at radius 3 is 2.26 bits per heavy atom. The molecule has 2 saturated carbocycles. The van der Waals surface area contributed by atoms with Crippen LogP contribution in [0.4, 0.5) is 17.6 Å². The van der Waals surface area contributed by atoms with Crippen molar-refractivity contribution in [3.05, 3.63) is 41.7 Å². The molecule has 1 aromatic rings. The number of benzene rings is 1. The molecule has 0 heterocycles. The van der Waals surface area contributed by atoms with Crippen LogP contribution in [-0.2, 0) is 6.42 Å². The summed E-state index contributed by atoms with van der Waals surface area (Å²) in [5.74, 6) is 1.96. The number of aryl methyl sites for hydroxylation is 1. The Morgan fingerprint density at radius 1 is 0.968 bits per heavy atom. The summed E-state index contributed by atoms with van der Waals surface area (Å²) >= 11 is 0. The van der Waals surface area contributed by atoms with Gasteiger partial charge in [0.25, 0.3) is 0 Å². The standard InChI is InChI=1S/C26H36F4O/c27-17-3-1-2-4-19-7-12-22(13-8-19)23-14-9-20(10-15-23)5-6-21-11-16-25(24(28)18-21)31-26(29)30/h2,4,11,16,18-20,22-23,26H,1,3,5-10,12-15,17H2/b4-2+. The quantitative estimate of drug-likeness (QED) is 0.202. The van der Waals surface area contributed by atoms with E-state index in [2.05, 4.69) is 16.9 Å². The van der Waals surface area contributed by atoms with Crippen molar-refractivity contribution in [1.82, 2.24) is 0 Å². The van der Waals surface area contributed by atoms with E-state index in [0.29, 0.717) is 18.3 Å². The van der Waals surface area contributed by atoms with Gasteiger partial charge in [0.2, 0.25) is 0 Å². The Labute approximate surface area is 184 Å². The molecule has 0 saturated heterocycles. The Kier molecular flexibility index (Phi) is 9.73. The molecule has 174 valence electrons. The van der Waals surface area contributed by atoms with Crippen LogP contribution in [0.15, 0.2) is 30.4 Å². The molecule has 2 aliphatic rings. The van der Waals surface area contributed by atoms with Crippen LogP contribution < -0.4 is 4.74 Å². The third kappa shape index (κ3) is 7.84. The maximum atomic E-state index is 13.9. The predicted molar refractivity (Wildman–Crippen MR) is 117 cm³/mol. The van der Waals surface area contributed by atoms with Gasteiger partial charge in [-0.25, -0.2) is 4.39 Å². The van der Waals surface area contributed by atoms with Crippen LogP contribution >= 0.6 is 0 Å². The van der Waals surface area contributed by atoms with Crippen LogP contribution in [-0.4, -0.2) is 13.3 Å². The van der Waals surface area contributed by atoms with Gasteiger partial charge in [-0.05, 0) is 106 Å². The first kappa shape index (κ1) is 24.1. The van der Waals surface area contributed by atoms with Crippen molar-refractivity contribution < 1.29 is 22.3 Å². The minimum Gasteiger partial charge on any atom is -0.432 e. The van der Waals surface area contributed by atoms with Crippen LogP contribution in [0.3, 0.4) is 0 Å². The zero-order valence-corrected chi connectivity index (χ0v) is 18.4. The van der Waals surface area contributed by atoms with Crippen molar-refractivity contribution in [2.24, 2.45) is 23.7 Å². The van der Waals surface area contributed by atoms with Crippen LogP contribution in [0.2, 0.25) is 0 Å². The largest absolute Gasteiger partial charge is 0.432 e. The second-order valence-electron chi connectivity index (χ2n) is 9.40. The van der Waals surface area contributed by atoms with Crippen molar-refractivity contribution in [1.29, 1.82) is 0 Å². The lowest BCUT2D eigenvalue weighted by molar-refractivity contribution is -0.0522. The lowest BCUT2D eigenvalue weighted by Crippen LogP contribution is -2.25. The van der Waals surface area contributed by atoms with Crippen LogP contribution in [0.1, 0.15) is 76.2 Å². The number of rotatable bonds is 10. The summed E-state index contributed by atoms with van der Waals surface area (Å²) in [5, 5.41) is 0. The van der Waals surface area contributed by atoms with Gasteiger partial charge in [0.15, 0.2) is 11.6 Å². The monoisotopic (exact) mass is 440 g/mol. The predicted octanol–water partition coefficient (Wildman–Crippen LogP) is 8.28. The third-order valence-electron chi connectivity index (χ3n) is 7.34. The van der Waals surface area contributed by atoms with Gasteiger partial charge in [0.1, 0.15) is 0 Å². The molecule has 0 atom stereocenters. The van der Waals surface area contributed by atoms with Crippen LogP contribution in [0.25, 0.3) is 0 Å². The molecule has 2 aliphatic carbocycles. The van der Waals surface area contributed by atoms with Crippen molar-refractivity contribution in [2.45, 2.75) is 83.7 Å². The average molecular weight is 441 g/mol. The topological polar surface area (TPSA) is 9.23 Å². The van der Waals surface area contributed by atoms with E-state index in [1.807, 2.05) is 0 Å². The summed E-state index contributed by atoms with van der Waals surface area (Å²) in [5.41, 5.74) is 0.846. The highest BCUT2D eigenvalue weighted by Crippen LogP contribution is 2.42. The lowest BCUT2D eigenvalue weighted by Gasteiger charge is -2.37. The van der Waals surface area contributed by atoms with Crippen molar-refractivity contribution in [2.75, 3.05) is 6.67 Å². The molecule has 31 heavy (non-hydrogen) atoms. The number of allylic oxidation sites excluding steroid dienone is 2.